The molecule has 0 bridgehead atoms. The summed E-state index contributed by atoms with van der Waals surface area (Å²) in [6, 6.07) is 9.27. The first kappa shape index (κ1) is 35.7. The fourth-order valence-corrected chi connectivity index (χ4v) is 15.2. The first-order valence-electron chi connectivity index (χ1n) is 14.3. The van der Waals surface area contributed by atoms with Gasteiger partial charge in [0.05, 0.1) is 0 Å². The van der Waals surface area contributed by atoms with Gasteiger partial charge in [-0.3, -0.25) is 12.2 Å². The zero-order valence-corrected chi connectivity index (χ0v) is 28.2. The molecule has 2 aliphatic heterocycles. The third-order valence-electron chi connectivity index (χ3n) is 8.61. The van der Waals surface area contributed by atoms with E-state index in [4.69, 9.17) is 0 Å². The second-order valence-corrected chi connectivity index (χ2v) is 20.3. The largest absolute Gasteiger partial charge is 4.00 e. The molecule has 0 radical (unpaired) electrons. The summed E-state index contributed by atoms with van der Waals surface area (Å²) in [5, 5.41) is 3.43. The van der Waals surface area contributed by atoms with Crippen molar-refractivity contribution in [3.8, 4) is 0 Å². The van der Waals surface area contributed by atoms with Crippen LogP contribution in [0.1, 0.15) is 105 Å². The van der Waals surface area contributed by atoms with Gasteiger partial charge in [0.25, 0.3) is 0 Å². The van der Waals surface area contributed by atoms with Gasteiger partial charge in [-0.05, 0) is 0 Å². The topological polar surface area (TPSA) is 0 Å². The molecule has 2 heterocycles. The van der Waals surface area contributed by atoms with Crippen molar-refractivity contribution in [3.63, 3.8) is 0 Å². The Hall–Kier alpha value is 0.688. The number of halogens is 2. The number of hydrogen-bond acceptors (Lipinski definition) is 0. The maximum absolute atomic E-state index is 3.79. The van der Waals surface area contributed by atoms with Crippen LogP contribution in [-0.2, 0) is 21.7 Å². The molecule has 0 saturated carbocycles. The van der Waals surface area contributed by atoms with Gasteiger partial charge in [-0.2, -0.15) is 11.1 Å². The fraction of sp³-hybridized carbons (Fsp3) is 0.733. The van der Waals surface area contributed by atoms with Crippen LogP contribution >= 0.6 is 0 Å². The van der Waals surface area contributed by atoms with Gasteiger partial charge in [0, 0.05) is 16.1 Å². The Balaban J connectivity index is 0.000000608. The Bertz CT molecular complexity index is 669. The van der Waals surface area contributed by atoms with Crippen molar-refractivity contribution in [2.45, 2.75) is 141 Å². The zero-order valence-electron chi connectivity index (χ0n) is 23.1. The van der Waals surface area contributed by atoms with Crippen LogP contribution in [0.15, 0.2) is 33.7 Å². The van der Waals surface area contributed by atoms with E-state index in [0.29, 0.717) is 0 Å². The summed E-state index contributed by atoms with van der Waals surface area (Å²) >= 11 is 0. The van der Waals surface area contributed by atoms with Crippen molar-refractivity contribution in [3.05, 3.63) is 45.8 Å². The van der Waals surface area contributed by atoms with E-state index in [1.165, 1.54) is 89.1 Å². The van der Waals surface area contributed by atoms with Gasteiger partial charge < -0.3 is 24.8 Å². The molecule has 2 aliphatic carbocycles. The average Bonchev–Trinajstić information content (AvgIpc) is 3.41. The second-order valence-electron chi connectivity index (χ2n) is 11.1. The molecule has 0 aromatic carbocycles. The molecule has 4 rings (SSSR count). The SMILES string of the molecule is CCCCC1=[C-]C([Si]2(CCC)CCC2)=CC1.CCCCC1=[C-]C([Si]2(CCC)CCC2)=CC1.[Cl-].[Cl-].[Ti+4]. The van der Waals surface area contributed by atoms with Crippen molar-refractivity contribution in [1.29, 1.82) is 0 Å². The molecule has 2 saturated heterocycles. The summed E-state index contributed by atoms with van der Waals surface area (Å²) in [7, 11) is -1.92. The van der Waals surface area contributed by atoms with E-state index in [1.807, 2.05) is 0 Å². The molecule has 0 atom stereocenters. The molecule has 0 aromatic rings. The van der Waals surface area contributed by atoms with Crippen LogP contribution in [0.4, 0.5) is 0 Å². The standard InChI is InChI=1S/2C15H25Si.2ClH.Ti/c2*1-3-5-7-14-8-9-15(13-14)16(10-4-2)11-6-12-16;;;/h2*9H,3-8,10-12H2,1-2H3;2*1H;/q2*-1;;;+4/p-2. The Morgan fingerprint density at radius 3 is 1.26 bits per heavy atom. The molecule has 5 heteroatoms. The molecule has 2 fully saturated rings. The predicted molar refractivity (Wildman–Crippen MR) is 148 cm³/mol. The Morgan fingerprint density at radius 1 is 0.629 bits per heavy atom. The second kappa shape index (κ2) is 18.1. The molecule has 0 aromatic heterocycles. The van der Waals surface area contributed by atoms with Crippen molar-refractivity contribution in [2.75, 3.05) is 0 Å². The van der Waals surface area contributed by atoms with Crippen LogP contribution in [0.5, 0.6) is 0 Å². The minimum absolute atomic E-state index is 0. The summed E-state index contributed by atoms with van der Waals surface area (Å²) in [5.41, 5.74) is 3.21. The summed E-state index contributed by atoms with van der Waals surface area (Å²) in [5.74, 6) is 0. The number of allylic oxidation sites excluding steroid dienone is 8. The molecule has 0 amide bonds. The molecule has 0 nitrogen and oxygen atoms in total. The smallest absolute Gasteiger partial charge is 1.00 e. The fourth-order valence-electron chi connectivity index (χ4n) is 6.32. The first-order chi connectivity index (χ1) is 15.6. The minimum atomic E-state index is -0.962. The van der Waals surface area contributed by atoms with Gasteiger partial charge in [0.1, 0.15) is 0 Å². The average molecular weight is 586 g/mol. The van der Waals surface area contributed by atoms with Gasteiger partial charge in [0.15, 0.2) is 0 Å². The molecular weight excluding hydrogens is 535 g/mol. The summed E-state index contributed by atoms with van der Waals surface area (Å²) in [4.78, 5) is 0. The molecule has 35 heavy (non-hydrogen) atoms. The number of rotatable bonds is 12. The molecule has 0 spiro atoms. The van der Waals surface area contributed by atoms with E-state index in [-0.39, 0.29) is 46.5 Å². The van der Waals surface area contributed by atoms with Crippen LogP contribution in [0.3, 0.4) is 0 Å². The molecular formula is C30H50Cl2Si2Ti. The molecule has 0 unspecified atom stereocenters. The van der Waals surface area contributed by atoms with Crippen molar-refractivity contribution in [2.24, 2.45) is 0 Å². The summed E-state index contributed by atoms with van der Waals surface area (Å²) in [6.45, 7) is 9.26. The number of unbranched alkanes of at least 4 members (excludes halogenated alkanes) is 2. The third kappa shape index (κ3) is 9.43. The maximum Gasteiger partial charge on any atom is 4.00 e. The van der Waals surface area contributed by atoms with Crippen LogP contribution < -0.4 is 24.8 Å². The maximum atomic E-state index is 3.79. The van der Waals surface area contributed by atoms with Gasteiger partial charge in [-0.1, -0.05) is 141 Å². The van der Waals surface area contributed by atoms with E-state index in [0.717, 1.165) is 0 Å². The van der Waals surface area contributed by atoms with E-state index in [1.54, 1.807) is 45.7 Å². The van der Waals surface area contributed by atoms with E-state index >= 15 is 0 Å². The van der Waals surface area contributed by atoms with Crippen molar-refractivity contribution < 1.29 is 46.5 Å². The van der Waals surface area contributed by atoms with Crippen LogP contribution in [-0.4, -0.2) is 16.1 Å². The Kier molecular flexibility index (Phi) is 18.4. The van der Waals surface area contributed by atoms with E-state index in [2.05, 4.69) is 52.0 Å². The van der Waals surface area contributed by atoms with Gasteiger partial charge in [0.2, 0.25) is 0 Å². The Labute approximate surface area is 248 Å². The van der Waals surface area contributed by atoms with Crippen molar-refractivity contribution in [1.82, 2.24) is 0 Å². The van der Waals surface area contributed by atoms with Gasteiger partial charge in [-0.15, -0.1) is 0 Å². The third-order valence-corrected chi connectivity index (χ3v) is 19.7. The van der Waals surface area contributed by atoms with Crippen LogP contribution in [0.25, 0.3) is 0 Å². The normalized spacial score (nSPS) is 20.7. The molecule has 0 N–H and O–H groups in total. The summed E-state index contributed by atoms with van der Waals surface area (Å²) in [6.07, 6.45) is 28.8. The quantitative estimate of drug-likeness (QED) is 0.239. The molecule has 196 valence electrons. The van der Waals surface area contributed by atoms with E-state index < -0.39 is 16.1 Å². The van der Waals surface area contributed by atoms with Crippen LogP contribution in [0, 0.1) is 12.2 Å². The van der Waals surface area contributed by atoms with Gasteiger partial charge in [-0.25, -0.2) is 22.5 Å². The monoisotopic (exact) mass is 584 g/mol. The Morgan fingerprint density at radius 2 is 1.00 bits per heavy atom. The van der Waals surface area contributed by atoms with E-state index in [9.17, 15) is 0 Å². The predicted octanol–water partition coefficient (Wildman–Crippen LogP) is 4.08. The van der Waals surface area contributed by atoms with Crippen LogP contribution in [0.2, 0.25) is 36.3 Å². The summed E-state index contributed by atoms with van der Waals surface area (Å²) < 4.78 is 0. The molecule has 4 aliphatic rings. The zero-order chi connectivity index (χ0) is 22.9. The minimum Gasteiger partial charge on any atom is -1.00 e. The van der Waals surface area contributed by atoms with Crippen molar-refractivity contribution >= 4 is 16.1 Å². The van der Waals surface area contributed by atoms with Gasteiger partial charge >= 0.3 is 21.7 Å². The number of hydrogen-bond donors (Lipinski definition) is 0. The first-order valence-corrected chi connectivity index (χ1v) is 19.5.